The molecule has 368 valence electrons. The molecule has 15 nitrogen and oxygen atoms in total. The number of nitrogens with one attached hydrogen (secondary N) is 3. The Morgan fingerprint density at radius 2 is 1.51 bits per heavy atom. The van der Waals surface area contributed by atoms with Crippen molar-refractivity contribution < 1.29 is 23.7 Å². The number of Topliss-reactive ketones (excluding diaryl/α,β-unsaturated/α-hetero) is 1. The summed E-state index contributed by atoms with van der Waals surface area (Å²) in [4.78, 5) is 63.5. The van der Waals surface area contributed by atoms with E-state index in [1.807, 2.05) is 95.7 Å². The van der Waals surface area contributed by atoms with Gasteiger partial charge in [0.1, 0.15) is 18.0 Å². The molecule has 1 aliphatic rings. The summed E-state index contributed by atoms with van der Waals surface area (Å²) in [6.07, 6.45) is 5.28. The fraction of sp³-hybridized carbons (Fsp3) is 0.298. The van der Waals surface area contributed by atoms with Gasteiger partial charge in [-0.2, -0.15) is 0 Å². The van der Waals surface area contributed by atoms with Crippen LogP contribution >= 0.6 is 0 Å². The first-order chi connectivity index (χ1) is 35.1. The number of H-pyrrole nitrogens is 1. The number of hydrogen-bond donors (Lipinski definition) is 5. The van der Waals surface area contributed by atoms with Crippen LogP contribution < -0.4 is 31.6 Å². The quantitative estimate of drug-likeness (QED) is 0.0283. The number of aromatic nitrogens is 6. The van der Waals surface area contributed by atoms with E-state index in [0.29, 0.717) is 74.7 Å². The molecule has 5 aromatic carbocycles. The highest BCUT2D eigenvalue weighted by Crippen LogP contribution is 2.41. The number of fused-ring (bicyclic) bond motifs is 8. The molecule has 0 radical (unpaired) electrons. The molecule has 0 spiro atoms. The number of pyridine rings is 1. The number of unbranched alkanes of at least 4 members (excludes halogenated alkanes) is 2. The van der Waals surface area contributed by atoms with Crippen molar-refractivity contribution in [2.75, 3.05) is 23.4 Å². The number of anilines is 3. The lowest BCUT2D eigenvalue weighted by molar-refractivity contribution is -0.669. The number of carbonyl (C=O) groups is 4. The van der Waals surface area contributed by atoms with E-state index in [4.69, 9.17) is 16.6 Å². The van der Waals surface area contributed by atoms with Gasteiger partial charge in [0.2, 0.25) is 23.2 Å². The molecule has 0 aliphatic carbocycles. The molecular weight excluding hydrogens is 903 g/mol. The zero-order chi connectivity index (χ0) is 50.1. The number of nitrogens with two attached hydrogens (primary N) is 2. The van der Waals surface area contributed by atoms with Crippen LogP contribution in [0.4, 0.5) is 17.2 Å². The zero-order valence-corrected chi connectivity index (χ0v) is 41.0. The second kappa shape index (κ2) is 22.3. The molecule has 1 aliphatic heterocycles. The van der Waals surface area contributed by atoms with Crippen molar-refractivity contribution in [2.45, 2.75) is 97.3 Å². The molecule has 3 amide bonds. The Bertz CT molecular complexity index is 3250. The number of rotatable bonds is 20. The van der Waals surface area contributed by atoms with Crippen molar-refractivity contribution in [1.29, 1.82) is 0 Å². The van der Waals surface area contributed by atoms with Gasteiger partial charge in [0.25, 0.3) is 5.82 Å². The van der Waals surface area contributed by atoms with Crippen molar-refractivity contribution in [3.63, 3.8) is 0 Å². The summed E-state index contributed by atoms with van der Waals surface area (Å²) in [5.74, 6) is 0.612. The number of nitrogen functional groups attached to an aromatic ring is 2. The summed E-state index contributed by atoms with van der Waals surface area (Å²) < 4.78 is 4.21. The van der Waals surface area contributed by atoms with Crippen LogP contribution in [0.25, 0.3) is 44.5 Å². The number of amides is 3. The smallest absolute Gasteiger partial charge is 0.255 e. The molecule has 1 atom stereocenters. The fourth-order valence-electron chi connectivity index (χ4n) is 9.82. The van der Waals surface area contributed by atoms with Crippen LogP contribution in [0.15, 0.2) is 121 Å². The highest BCUT2D eigenvalue weighted by atomic mass is 16.2. The number of ketones is 1. The van der Waals surface area contributed by atoms with Crippen LogP contribution in [0, 0.1) is 5.92 Å². The molecule has 0 saturated heterocycles. The summed E-state index contributed by atoms with van der Waals surface area (Å²) >= 11 is 0. The van der Waals surface area contributed by atoms with Crippen LogP contribution in [-0.4, -0.2) is 55.5 Å². The van der Waals surface area contributed by atoms with Gasteiger partial charge in [0, 0.05) is 75.0 Å². The molecule has 4 heterocycles. The largest absolute Gasteiger partial charge is 0.399 e. The molecular formula is C57H62N11O4+. The lowest BCUT2D eigenvalue weighted by Crippen LogP contribution is -2.38. The first kappa shape index (κ1) is 48.8. The predicted octanol–water partition coefficient (Wildman–Crippen LogP) is 8.16. The van der Waals surface area contributed by atoms with Gasteiger partial charge in [-0.05, 0) is 78.3 Å². The SMILES string of the molecule is CCCCc1[nH]c2c(N)nc3ccccc3c2[n+]1Cc1ccc(CNC(=O)CCC(=O)N2Cc3ccccc3-c3c(nnn3CCCCC(=O)CC(Cc3ccc(N)cc3)C(=O)NC)-c3ccccc32)cc1. The summed E-state index contributed by atoms with van der Waals surface area (Å²) in [7, 11) is 1.59. The van der Waals surface area contributed by atoms with Crippen molar-refractivity contribution in [3.8, 4) is 22.5 Å². The van der Waals surface area contributed by atoms with Crippen LogP contribution in [-0.2, 0) is 58.2 Å². The minimum absolute atomic E-state index is 0.0156. The van der Waals surface area contributed by atoms with Crippen LogP contribution in [0.1, 0.15) is 86.4 Å². The number of nitrogens with zero attached hydrogens (tertiary/aromatic N) is 6. The lowest BCUT2D eigenvalue weighted by atomic mass is 9.92. The molecule has 72 heavy (non-hydrogen) atoms. The van der Waals surface area contributed by atoms with Crippen LogP contribution in [0.3, 0.4) is 0 Å². The van der Waals surface area contributed by atoms with Gasteiger partial charge in [0.05, 0.1) is 28.8 Å². The van der Waals surface area contributed by atoms with Crippen molar-refractivity contribution in [2.24, 2.45) is 5.92 Å². The number of para-hydroxylation sites is 2. The van der Waals surface area contributed by atoms with Gasteiger partial charge in [-0.25, -0.2) is 19.2 Å². The van der Waals surface area contributed by atoms with Gasteiger partial charge in [-0.15, -0.1) is 5.10 Å². The second-order valence-corrected chi connectivity index (χ2v) is 18.7. The van der Waals surface area contributed by atoms with E-state index >= 15 is 0 Å². The normalized spacial score (nSPS) is 12.4. The maximum absolute atomic E-state index is 14.2. The average Bonchev–Trinajstić information content (AvgIpc) is 3.98. The summed E-state index contributed by atoms with van der Waals surface area (Å²) in [5, 5.41) is 16.1. The molecule has 0 fully saturated rings. The number of hydrogen-bond acceptors (Lipinski definition) is 9. The summed E-state index contributed by atoms with van der Waals surface area (Å²) in [6.45, 7) is 3.98. The predicted molar refractivity (Wildman–Crippen MR) is 281 cm³/mol. The van der Waals surface area contributed by atoms with Gasteiger partial charge in [0.15, 0.2) is 11.3 Å². The Labute approximate surface area is 419 Å². The molecule has 3 aromatic heterocycles. The van der Waals surface area contributed by atoms with Crippen molar-refractivity contribution in [1.82, 2.24) is 35.6 Å². The van der Waals surface area contributed by atoms with E-state index in [1.54, 1.807) is 24.1 Å². The number of benzene rings is 5. The van der Waals surface area contributed by atoms with E-state index in [1.165, 1.54) is 0 Å². The molecule has 0 saturated carbocycles. The number of aromatic amines is 1. The second-order valence-electron chi connectivity index (χ2n) is 18.7. The van der Waals surface area contributed by atoms with E-state index in [2.05, 4.69) is 55.5 Å². The van der Waals surface area contributed by atoms with Gasteiger partial charge in [-0.3, -0.25) is 19.2 Å². The molecule has 7 N–H and O–H groups in total. The maximum atomic E-state index is 14.2. The van der Waals surface area contributed by atoms with Gasteiger partial charge < -0.3 is 27.0 Å². The van der Waals surface area contributed by atoms with Crippen molar-refractivity contribution >= 4 is 62.6 Å². The third-order valence-corrected chi connectivity index (χ3v) is 13.7. The molecule has 8 aromatic rings. The standard InChI is InChI=1S/C57H61N11O4/c1-3-4-20-49-63-53-54(45-16-7-9-18-47(45)62-56(53)59)67(49)35-39-23-21-38(22-24-39)34-61-50(70)29-30-51(71)66-36-40-13-5-6-15-44(40)55-52(46-17-8-10-19-48(46)66)64-65-68(55)31-12-11-14-43(69)33-41(57(72)60-2)32-37-25-27-42(58)28-26-37/h5-10,13,15-19,21-28,41H,3-4,11-12,14,20,29-36,58H2,1-2H3,(H4,59,60,61,62,70,72)/p+1. The lowest BCUT2D eigenvalue weighted by Gasteiger charge is -2.28. The van der Waals surface area contributed by atoms with Crippen LogP contribution in [0.2, 0.25) is 0 Å². The molecule has 0 bridgehead atoms. The van der Waals surface area contributed by atoms with E-state index in [-0.39, 0.29) is 42.8 Å². The third-order valence-electron chi connectivity index (χ3n) is 13.7. The monoisotopic (exact) mass is 964 g/mol. The van der Waals surface area contributed by atoms with E-state index < -0.39 is 5.92 Å². The Kier molecular flexibility index (Phi) is 15.1. The number of carbonyl (C=O) groups excluding carboxylic acids is 4. The van der Waals surface area contributed by atoms with Gasteiger partial charge >= 0.3 is 0 Å². The van der Waals surface area contributed by atoms with Gasteiger partial charge in [-0.1, -0.05) is 110 Å². The third kappa shape index (κ3) is 10.9. The van der Waals surface area contributed by atoms with E-state index in [0.717, 1.165) is 86.1 Å². The Balaban J connectivity index is 0.823. The highest BCUT2D eigenvalue weighted by molar-refractivity contribution is 6.04. The zero-order valence-electron chi connectivity index (χ0n) is 41.0. The highest BCUT2D eigenvalue weighted by Gasteiger charge is 2.30. The summed E-state index contributed by atoms with van der Waals surface area (Å²) in [5.41, 5.74) is 23.5. The molecule has 1 unspecified atom stereocenters. The van der Waals surface area contributed by atoms with E-state index in [9.17, 15) is 19.2 Å². The minimum atomic E-state index is -0.468. The Hall–Kier alpha value is -8.20. The molecule has 9 rings (SSSR count). The number of imidazole rings is 1. The topological polar surface area (TPSA) is 211 Å². The molecule has 15 heteroatoms. The van der Waals surface area contributed by atoms with Crippen molar-refractivity contribution in [3.05, 3.63) is 149 Å². The maximum Gasteiger partial charge on any atom is 0.255 e. The Morgan fingerprint density at radius 3 is 2.31 bits per heavy atom. The first-order valence-corrected chi connectivity index (χ1v) is 25.0. The average molecular weight is 965 g/mol. The summed E-state index contributed by atoms with van der Waals surface area (Å²) in [6, 6.07) is 39.4. The first-order valence-electron chi connectivity index (χ1n) is 25.0. The van der Waals surface area contributed by atoms with Crippen LogP contribution in [0.5, 0.6) is 0 Å². The minimum Gasteiger partial charge on any atom is -0.399 e. The Morgan fingerprint density at radius 1 is 0.792 bits per heavy atom. The number of aryl methyl sites for hydroxylation is 2. The fourth-order valence-corrected chi connectivity index (χ4v) is 9.82.